The summed E-state index contributed by atoms with van der Waals surface area (Å²) in [6.07, 6.45) is 1.56. The van der Waals surface area contributed by atoms with Crippen molar-refractivity contribution in [1.82, 2.24) is 10.2 Å². The predicted octanol–water partition coefficient (Wildman–Crippen LogP) is 1.31. The van der Waals surface area contributed by atoms with Gasteiger partial charge in [0.25, 0.3) is 0 Å². The van der Waals surface area contributed by atoms with Crippen molar-refractivity contribution < 1.29 is 14.3 Å². The molecule has 2 saturated heterocycles. The summed E-state index contributed by atoms with van der Waals surface area (Å²) in [7, 11) is 0. The minimum Gasteiger partial charge on any atom is -0.379 e. The summed E-state index contributed by atoms with van der Waals surface area (Å²) >= 11 is 0. The first kappa shape index (κ1) is 15.5. The van der Waals surface area contributed by atoms with Crippen LogP contribution in [0.5, 0.6) is 0 Å². The van der Waals surface area contributed by atoms with E-state index in [4.69, 9.17) is 9.47 Å². The molecule has 0 radical (unpaired) electrons. The second-order valence-corrected chi connectivity index (χ2v) is 5.93. The first-order chi connectivity index (χ1) is 10.8. The third kappa shape index (κ3) is 4.29. The maximum atomic E-state index is 12.0. The third-order valence-corrected chi connectivity index (χ3v) is 4.19. The molecule has 0 saturated carbocycles. The Kier molecular flexibility index (Phi) is 5.43. The van der Waals surface area contributed by atoms with E-state index in [2.05, 4.69) is 34.5 Å². The summed E-state index contributed by atoms with van der Waals surface area (Å²) in [4.78, 5) is 14.4. The maximum absolute atomic E-state index is 12.0. The van der Waals surface area contributed by atoms with Gasteiger partial charge >= 0.3 is 0 Å². The standard InChI is InChI=1S/C17H24N2O3/c20-17(16-5-2-8-22-16)18-12-14-3-1-4-15(11-14)13-19-6-9-21-10-7-19/h1,3-4,11,16H,2,5-10,12-13H2,(H,18,20). The molecular formula is C17H24N2O3. The fraction of sp³-hybridized carbons (Fsp3) is 0.588. The van der Waals surface area contributed by atoms with E-state index < -0.39 is 0 Å². The van der Waals surface area contributed by atoms with E-state index in [1.54, 1.807) is 0 Å². The lowest BCUT2D eigenvalue weighted by Gasteiger charge is -2.26. The number of morpholine rings is 1. The largest absolute Gasteiger partial charge is 0.379 e. The lowest BCUT2D eigenvalue weighted by Crippen LogP contribution is -2.35. The average Bonchev–Trinajstić information content (AvgIpc) is 3.08. The zero-order valence-electron chi connectivity index (χ0n) is 12.9. The van der Waals surface area contributed by atoms with E-state index in [0.717, 1.165) is 51.3 Å². The Balaban J connectivity index is 1.50. The number of benzene rings is 1. The monoisotopic (exact) mass is 304 g/mol. The van der Waals surface area contributed by atoms with Crippen molar-refractivity contribution >= 4 is 5.91 Å². The van der Waals surface area contributed by atoms with Gasteiger partial charge in [0.15, 0.2) is 0 Å². The lowest BCUT2D eigenvalue weighted by molar-refractivity contribution is -0.130. The average molecular weight is 304 g/mol. The molecule has 0 bridgehead atoms. The normalized spacial score (nSPS) is 22.6. The van der Waals surface area contributed by atoms with E-state index in [-0.39, 0.29) is 12.0 Å². The Morgan fingerprint density at radius 2 is 2.05 bits per heavy atom. The van der Waals surface area contributed by atoms with E-state index in [1.165, 1.54) is 5.56 Å². The molecule has 1 amide bonds. The van der Waals surface area contributed by atoms with Gasteiger partial charge in [-0.05, 0) is 24.0 Å². The van der Waals surface area contributed by atoms with E-state index in [9.17, 15) is 4.79 Å². The second kappa shape index (κ2) is 7.72. The number of nitrogens with one attached hydrogen (secondary N) is 1. The number of rotatable bonds is 5. The molecule has 1 aromatic carbocycles. The van der Waals surface area contributed by atoms with Gasteiger partial charge in [0.2, 0.25) is 5.91 Å². The van der Waals surface area contributed by atoms with Gasteiger partial charge in [0, 0.05) is 32.8 Å². The van der Waals surface area contributed by atoms with Gasteiger partial charge in [0.05, 0.1) is 13.2 Å². The van der Waals surface area contributed by atoms with E-state index in [0.29, 0.717) is 13.2 Å². The van der Waals surface area contributed by atoms with Gasteiger partial charge < -0.3 is 14.8 Å². The molecule has 3 rings (SSSR count). The number of amides is 1. The van der Waals surface area contributed by atoms with Crippen LogP contribution in [0.15, 0.2) is 24.3 Å². The summed E-state index contributed by atoms with van der Waals surface area (Å²) in [6, 6.07) is 8.42. The summed E-state index contributed by atoms with van der Waals surface area (Å²) in [6.45, 7) is 5.81. The quantitative estimate of drug-likeness (QED) is 0.891. The summed E-state index contributed by atoms with van der Waals surface area (Å²) in [5, 5.41) is 2.97. The Morgan fingerprint density at radius 1 is 1.23 bits per heavy atom. The first-order valence-electron chi connectivity index (χ1n) is 8.08. The van der Waals surface area contributed by atoms with Gasteiger partial charge in [0.1, 0.15) is 6.10 Å². The molecule has 5 heteroatoms. The summed E-state index contributed by atoms with van der Waals surface area (Å²) < 4.78 is 10.8. The number of carbonyl (C=O) groups excluding carboxylic acids is 1. The fourth-order valence-electron chi connectivity index (χ4n) is 2.94. The Hall–Kier alpha value is -1.43. The Labute approximate surface area is 131 Å². The minimum atomic E-state index is -0.253. The van der Waals surface area contributed by atoms with Crippen molar-refractivity contribution in [1.29, 1.82) is 0 Å². The third-order valence-electron chi connectivity index (χ3n) is 4.19. The smallest absolute Gasteiger partial charge is 0.249 e. The SMILES string of the molecule is O=C(NCc1cccc(CN2CCOCC2)c1)C1CCCO1. The molecule has 0 aliphatic carbocycles. The highest BCUT2D eigenvalue weighted by Crippen LogP contribution is 2.13. The molecule has 22 heavy (non-hydrogen) atoms. The molecule has 2 fully saturated rings. The first-order valence-corrected chi connectivity index (χ1v) is 8.08. The van der Waals surface area contributed by atoms with Crippen LogP contribution in [0.3, 0.4) is 0 Å². The minimum absolute atomic E-state index is 0.0103. The number of hydrogen-bond donors (Lipinski definition) is 1. The Bertz CT molecular complexity index is 494. The van der Waals surface area contributed by atoms with E-state index >= 15 is 0 Å². The highest BCUT2D eigenvalue weighted by Gasteiger charge is 2.23. The van der Waals surface area contributed by atoms with Crippen molar-refractivity contribution in [3.63, 3.8) is 0 Å². The van der Waals surface area contributed by atoms with Crippen LogP contribution in [0.2, 0.25) is 0 Å². The highest BCUT2D eigenvalue weighted by atomic mass is 16.5. The molecule has 120 valence electrons. The van der Waals surface area contributed by atoms with Crippen molar-refractivity contribution in [2.24, 2.45) is 0 Å². The summed E-state index contributed by atoms with van der Waals surface area (Å²) in [5.74, 6) is 0.0103. The number of ether oxygens (including phenoxy) is 2. The van der Waals surface area contributed by atoms with Crippen LogP contribution in [-0.4, -0.2) is 49.8 Å². The molecule has 1 atom stereocenters. The van der Waals surface area contributed by atoms with Crippen LogP contribution in [0.1, 0.15) is 24.0 Å². The molecule has 2 aliphatic heterocycles. The molecule has 1 N–H and O–H groups in total. The Morgan fingerprint density at radius 3 is 2.82 bits per heavy atom. The van der Waals surface area contributed by atoms with Crippen LogP contribution in [0.4, 0.5) is 0 Å². The molecule has 5 nitrogen and oxygen atoms in total. The van der Waals surface area contributed by atoms with Gasteiger partial charge in [-0.1, -0.05) is 24.3 Å². The van der Waals surface area contributed by atoms with E-state index in [1.807, 2.05) is 0 Å². The maximum Gasteiger partial charge on any atom is 0.249 e. The molecule has 1 unspecified atom stereocenters. The van der Waals surface area contributed by atoms with Gasteiger partial charge in [-0.25, -0.2) is 0 Å². The summed E-state index contributed by atoms with van der Waals surface area (Å²) in [5.41, 5.74) is 2.42. The number of nitrogens with zero attached hydrogens (tertiary/aromatic N) is 1. The van der Waals surface area contributed by atoms with Crippen molar-refractivity contribution in [2.45, 2.75) is 32.0 Å². The van der Waals surface area contributed by atoms with Crippen LogP contribution < -0.4 is 5.32 Å². The topological polar surface area (TPSA) is 50.8 Å². The van der Waals surface area contributed by atoms with Crippen molar-refractivity contribution in [2.75, 3.05) is 32.9 Å². The zero-order chi connectivity index (χ0) is 15.2. The molecule has 2 aliphatic rings. The lowest BCUT2D eigenvalue weighted by atomic mass is 10.1. The molecule has 1 aromatic rings. The number of hydrogen-bond acceptors (Lipinski definition) is 4. The van der Waals surface area contributed by atoms with Gasteiger partial charge in [-0.3, -0.25) is 9.69 Å². The van der Waals surface area contributed by atoms with Gasteiger partial charge in [-0.15, -0.1) is 0 Å². The zero-order valence-corrected chi connectivity index (χ0v) is 12.9. The predicted molar refractivity (Wildman–Crippen MR) is 83.4 cm³/mol. The van der Waals surface area contributed by atoms with Gasteiger partial charge in [-0.2, -0.15) is 0 Å². The fourth-order valence-corrected chi connectivity index (χ4v) is 2.94. The number of carbonyl (C=O) groups is 1. The molecule has 0 aromatic heterocycles. The van der Waals surface area contributed by atoms with Crippen molar-refractivity contribution in [3.05, 3.63) is 35.4 Å². The molecule has 2 heterocycles. The highest BCUT2D eigenvalue weighted by molar-refractivity contribution is 5.80. The van der Waals surface area contributed by atoms with Crippen LogP contribution in [0, 0.1) is 0 Å². The second-order valence-electron chi connectivity index (χ2n) is 5.93. The molecule has 0 spiro atoms. The van der Waals surface area contributed by atoms with Crippen LogP contribution in [0.25, 0.3) is 0 Å². The molecular weight excluding hydrogens is 280 g/mol. The van der Waals surface area contributed by atoms with Crippen LogP contribution >= 0.6 is 0 Å². The van der Waals surface area contributed by atoms with Crippen LogP contribution in [-0.2, 0) is 27.4 Å². The van der Waals surface area contributed by atoms with Crippen molar-refractivity contribution in [3.8, 4) is 0 Å².